The van der Waals surface area contributed by atoms with Gasteiger partial charge in [0.2, 0.25) is 5.91 Å². The number of benzene rings is 2. The molecule has 11 heteroatoms. The van der Waals surface area contributed by atoms with E-state index in [1.807, 2.05) is 61.7 Å². The van der Waals surface area contributed by atoms with Crippen molar-refractivity contribution in [3.8, 4) is 0 Å². The van der Waals surface area contributed by atoms with Gasteiger partial charge < -0.3 is 30.5 Å². The molecule has 11 nitrogen and oxygen atoms in total. The summed E-state index contributed by atoms with van der Waals surface area (Å²) < 4.78 is 1.81. The van der Waals surface area contributed by atoms with Crippen LogP contribution in [0.25, 0.3) is 21.9 Å². The fourth-order valence-corrected chi connectivity index (χ4v) is 5.91. The maximum Gasteiger partial charge on any atom is 0.326 e. The van der Waals surface area contributed by atoms with Gasteiger partial charge in [0.05, 0.1) is 17.4 Å². The lowest BCUT2D eigenvalue weighted by Gasteiger charge is -2.34. The zero-order valence-corrected chi connectivity index (χ0v) is 22.9. The predicted molar refractivity (Wildman–Crippen MR) is 157 cm³/mol. The molecule has 5 N–H and O–H groups in total. The highest BCUT2D eigenvalue weighted by Crippen LogP contribution is 2.29. The lowest BCUT2D eigenvalue weighted by Crippen LogP contribution is -2.54. The Hall–Kier alpha value is -4.80. The summed E-state index contributed by atoms with van der Waals surface area (Å²) in [4.78, 5) is 54.7. The van der Waals surface area contributed by atoms with Crippen LogP contribution in [0.2, 0.25) is 0 Å². The Morgan fingerprint density at radius 1 is 1.05 bits per heavy atom. The van der Waals surface area contributed by atoms with Crippen LogP contribution in [0.4, 0.5) is 4.79 Å². The fraction of sp³-hybridized carbons (Fsp3) is 0.333. The van der Waals surface area contributed by atoms with Crippen LogP contribution < -0.4 is 16.3 Å². The monoisotopic (exact) mass is 554 g/mol. The van der Waals surface area contributed by atoms with Crippen LogP contribution in [0.5, 0.6) is 0 Å². The number of aromatic nitrogens is 5. The van der Waals surface area contributed by atoms with Crippen molar-refractivity contribution in [2.75, 3.05) is 19.6 Å². The van der Waals surface area contributed by atoms with Gasteiger partial charge in [-0.1, -0.05) is 37.3 Å². The van der Waals surface area contributed by atoms with E-state index >= 15 is 0 Å². The van der Waals surface area contributed by atoms with Crippen LogP contribution in [0.15, 0.2) is 72.0 Å². The van der Waals surface area contributed by atoms with E-state index in [0.717, 1.165) is 33.2 Å². The maximum absolute atomic E-state index is 13.5. The van der Waals surface area contributed by atoms with Gasteiger partial charge in [-0.2, -0.15) is 0 Å². The number of nitrogens with zero attached hydrogens (tertiary/aromatic N) is 3. The largest absolute Gasteiger partial charge is 0.361 e. The number of para-hydroxylation sites is 3. The van der Waals surface area contributed by atoms with E-state index in [2.05, 4.69) is 30.6 Å². The van der Waals surface area contributed by atoms with Crippen LogP contribution in [0, 0.1) is 0 Å². The first-order chi connectivity index (χ1) is 20.0. The van der Waals surface area contributed by atoms with Crippen molar-refractivity contribution in [2.45, 2.75) is 44.2 Å². The van der Waals surface area contributed by atoms with Crippen molar-refractivity contribution in [1.82, 2.24) is 40.0 Å². The summed E-state index contributed by atoms with van der Waals surface area (Å²) in [6, 6.07) is 14.5. The molecule has 1 fully saturated rings. The van der Waals surface area contributed by atoms with Crippen LogP contribution in [-0.4, -0.2) is 67.0 Å². The minimum absolute atomic E-state index is 0.00517. The van der Waals surface area contributed by atoms with Gasteiger partial charge in [-0.3, -0.25) is 9.36 Å². The number of H-pyrrole nitrogens is 3. The number of rotatable bonds is 8. The molecular weight excluding hydrogens is 520 g/mol. The number of likely N-dealkylation sites (tertiary alicyclic amines) is 1. The normalized spacial score (nSPS) is 15.7. The molecule has 0 bridgehead atoms. The Morgan fingerprint density at radius 2 is 1.80 bits per heavy atom. The molecule has 6 rings (SSSR count). The number of piperidine rings is 1. The van der Waals surface area contributed by atoms with E-state index in [1.165, 1.54) is 0 Å². The highest BCUT2D eigenvalue weighted by Gasteiger charge is 2.33. The number of hydrogen-bond donors (Lipinski definition) is 5. The first kappa shape index (κ1) is 26.4. The first-order valence-corrected chi connectivity index (χ1v) is 14.0. The highest BCUT2D eigenvalue weighted by atomic mass is 16.2. The Balaban J connectivity index is 1.16. The molecule has 0 saturated carbocycles. The van der Waals surface area contributed by atoms with Crippen molar-refractivity contribution in [1.29, 1.82) is 0 Å². The second-order valence-electron chi connectivity index (χ2n) is 10.7. The van der Waals surface area contributed by atoms with Crippen molar-refractivity contribution in [3.63, 3.8) is 0 Å². The highest BCUT2D eigenvalue weighted by molar-refractivity contribution is 5.90. The standard InChI is InChI=1S/C30H34N8O3/c1-19(23-17-33-24-7-3-2-6-22(23)24)27(28(39)32-13-10-20-16-31-18-34-20)36-29(40)37-14-11-21(12-15-37)38-26-9-5-4-8-25(26)35-30(38)41/h2-9,16-19,21,27,33H,10-15H2,1H3,(H,31,34)(H,32,39)(H,35,41)(H,36,40)/t19-,27+/m0/s1. The summed E-state index contributed by atoms with van der Waals surface area (Å²) in [5, 5.41) is 7.06. The lowest BCUT2D eigenvalue weighted by atomic mass is 9.92. The molecule has 5 aromatic rings. The van der Waals surface area contributed by atoms with E-state index in [-0.39, 0.29) is 29.6 Å². The molecule has 0 spiro atoms. The predicted octanol–water partition coefficient (Wildman–Crippen LogP) is 3.41. The second kappa shape index (κ2) is 11.4. The molecule has 0 unspecified atom stereocenters. The van der Waals surface area contributed by atoms with Gasteiger partial charge >= 0.3 is 11.7 Å². The molecule has 1 aliphatic heterocycles. The molecule has 2 aromatic carbocycles. The minimum Gasteiger partial charge on any atom is -0.361 e. The van der Waals surface area contributed by atoms with E-state index < -0.39 is 6.04 Å². The average Bonchev–Trinajstić information content (AvgIpc) is 3.74. The van der Waals surface area contributed by atoms with E-state index in [4.69, 9.17) is 0 Å². The van der Waals surface area contributed by atoms with E-state index in [0.29, 0.717) is 38.9 Å². The Bertz CT molecular complexity index is 1710. The van der Waals surface area contributed by atoms with Gasteiger partial charge in [-0.05, 0) is 36.6 Å². The molecule has 3 aromatic heterocycles. The fourth-order valence-electron chi connectivity index (χ4n) is 5.91. The van der Waals surface area contributed by atoms with Crippen molar-refractivity contribution in [2.24, 2.45) is 0 Å². The molecule has 4 heterocycles. The summed E-state index contributed by atoms with van der Waals surface area (Å²) in [7, 11) is 0. The van der Waals surface area contributed by atoms with E-state index in [1.54, 1.807) is 22.0 Å². The zero-order valence-electron chi connectivity index (χ0n) is 22.9. The molecule has 1 aliphatic rings. The summed E-state index contributed by atoms with van der Waals surface area (Å²) >= 11 is 0. The molecule has 212 valence electrons. The van der Waals surface area contributed by atoms with Gasteiger partial charge in [0.15, 0.2) is 0 Å². The summed E-state index contributed by atoms with van der Waals surface area (Å²) in [6.07, 6.45) is 7.15. The SMILES string of the molecule is C[C@@H](c1c[nH]c2ccccc12)[C@@H](NC(=O)N1CCC(n2c(=O)[nH]c3ccccc32)CC1)C(=O)NCCc1cnc[nH]1. The Morgan fingerprint density at radius 3 is 2.59 bits per heavy atom. The number of hydrogen-bond acceptors (Lipinski definition) is 4. The number of carbonyl (C=O) groups excluding carboxylic acids is 2. The minimum atomic E-state index is -0.780. The van der Waals surface area contributed by atoms with E-state index in [9.17, 15) is 14.4 Å². The van der Waals surface area contributed by atoms with Crippen molar-refractivity contribution < 1.29 is 9.59 Å². The van der Waals surface area contributed by atoms with Crippen LogP contribution in [0.3, 0.4) is 0 Å². The van der Waals surface area contributed by atoms with Gasteiger partial charge in [-0.15, -0.1) is 0 Å². The average molecular weight is 555 g/mol. The number of fused-ring (bicyclic) bond motifs is 2. The first-order valence-electron chi connectivity index (χ1n) is 14.0. The molecule has 0 radical (unpaired) electrons. The maximum atomic E-state index is 13.5. The third-order valence-corrected chi connectivity index (χ3v) is 8.16. The van der Waals surface area contributed by atoms with Gasteiger partial charge in [0.25, 0.3) is 0 Å². The van der Waals surface area contributed by atoms with Crippen LogP contribution in [0.1, 0.15) is 43.0 Å². The number of aromatic amines is 3. The summed E-state index contributed by atoms with van der Waals surface area (Å²) in [6.45, 7) is 3.35. The van der Waals surface area contributed by atoms with Crippen molar-refractivity contribution >= 4 is 33.9 Å². The van der Waals surface area contributed by atoms with Gasteiger partial charge in [0, 0.05) is 67.0 Å². The summed E-state index contributed by atoms with van der Waals surface area (Å²) in [5.74, 6) is -0.527. The van der Waals surface area contributed by atoms with Crippen molar-refractivity contribution in [3.05, 3.63) is 89.0 Å². The number of nitrogens with one attached hydrogen (secondary N) is 5. The summed E-state index contributed by atoms with van der Waals surface area (Å²) in [5.41, 5.74) is 4.42. The third-order valence-electron chi connectivity index (χ3n) is 8.16. The molecular formula is C30H34N8O3. The topological polar surface area (TPSA) is 144 Å². The van der Waals surface area contributed by atoms with Crippen LogP contribution in [-0.2, 0) is 11.2 Å². The molecule has 2 atom stereocenters. The Kier molecular flexibility index (Phi) is 7.32. The smallest absolute Gasteiger partial charge is 0.326 e. The Labute approximate surface area is 236 Å². The second-order valence-corrected chi connectivity index (χ2v) is 10.7. The molecule has 41 heavy (non-hydrogen) atoms. The lowest BCUT2D eigenvalue weighted by molar-refractivity contribution is -0.123. The number of amides is 3. The molecule has 1 saturated heterocycles. The third kappa shape index (κ3) is 5.34. The molecule has 3 amide bonds. The number of carbonyl (C=O) groups is 2. The van der Waals surface area contributed by atoms with Crippen LogP contribution >= 0.6 is 0 Å². The zero-order chi connectivity index (χ0) is 28.3. The van der Waals surface area contributed by atoms with Gasteiger partial charge in [-0.25, -0.2) is 14.6 Å². The molecule has 0 aliphatic carbocycles. The van der Waals surface area contributed by atoms with Gasteiger partial charge in [0.1, 0.15) is 6.04 Å². The number of urea groups is 1. The quantitative estimate of drug-likeness (QED) is 0.200. The number of imidazole rings is 2.